The number of fused-ring (bicyclic) bond motifs is 1. The lowest BCUT2D eigenvalue weighted by molar-refractivity contribution is -0.152. The molecule has 0 amide bonds. The summed E-state index contributed by atoms with van der Waals surface area (Å²) in [7, 11) is -3.39. The molecule has 2 aliphatic rings. The summed E-state index contributed by atoms with van der Waals surface area (Å²) in [6.07, 6.45) is 4.78. The summed E-state index contributed by atoms with van der Waals surface area (Å²) in [6, 6.07) is -0.412. The maximum Gasteiger partial charge on any atom is 0.308 e. The molecule has 6 heteroatoms. The Morgan fingerprint density at radius 1 is 1.39 bits per heavy atom. The quantitative estimate of drug-likeness (QED) is 0.707. The van der Waals surface area contributed by atoms with E-state index in [1.807, 2.05) is 0 Å². The molecule has 18 heavy (non-hydrogen) atoms. The number of rotatable bonds is 6. The molecule has 0 heterocycles. The van der Waals surface area contributed by atoms with Crippen molar-refractivity contribution in [2.45, 2.75) is 31.7 Å². The third-order valence-electron chi connectivity index (χ3n) is 4.13. The Morgan fingerprint density at radius 3 is 2.67 bits per heavy atom. The van der Waals surface area contributed by atoms with Crippen molar-refractivity contribution < 1.29 is 18.3 Å². The fourth-order valence-corrected chi connectivity index (χ4v) is 4.63. The molecular formula is C12H19NO4S. The van der Waals surface area contributed by atoms with E-state index in [1.54, 1.807) is 6.08 Å². The Bertz CT molecular complexity index is 445. The number of aliphatic carboxylic acids is 1. The molecule has 0 aromatic rings. The lowest BCUT2D eigenvalue weighted by Gasteiger charge is -2.46. The van der Waals surface area contributed by atoms with Gasteiger partial charge in [0.1, 0.15) is 0 Å². The standard InChI is InChI=1S/C12H19NO4S/c1-2-3-7-18(16,17)13-11-9-6-4-5-8(9)10(11)12(14)15/h2,8-11,13H,1,3-7H2,(H,14,15)/t8-,9+,10-,11-/m0/s1. The van der Waals surface area contributed by atoms with Crippen LogP contribution in [0.3, 0.4) is 0 Å². The molecule has 2 aliphatic carbocycles. The van der Waals surface area contributed by atoms with Gasteiger partial charge in [0.05, 0.1) is 11.7 Å². The van der Waals surface area contributed by atoms with Crippen molar-refractivity contribution in [3.8, 4) is 0 Å². The number of carbonyl (C=O) groups is 1. The second-order valence-electron chi connectivity index (χ2n) is 5.16. The Hall–Kier alpha value is -0.880. The van der Waals surface area contributed by atoms with Crippen molar-refractivity contribution >= 4 is 16.0 Å². The first kappa shape index (κ1) is 13.5. The van der Waals surface area contributed by atoms with Crippen LogP contribution < -0.4 is 4.72 Å². The molecule has 2 rings (SSSR count). The zero-order chi connectivity index (χ0) is 13.3. The van der Waals surface area contributed by atoms with E-state index in [9.17, 15) is 18.3 Å². The SMILES string of the molecule is C=CCCS(=O)(=O)N[C@H]1[C@@H]2CCC[C@@H]2[C@@H]1C(=O)O. The van der Waals surface area contributed by atoms with E-state index in [-0.39, 0.29) is 17.6 Å². The molecule has 0 aromatic carbocycles. The Kier molecular flexibility index (Phi) is 3.77. The highest BCUT2D eigenvalue weighted by atomic mass is 32.2. The lowest BCUT2D eigenvalue weighted by Crippen LogP contribution is -2.60. The number of sulfonamides is 1. The summed E-state index contributed by atoms with van der Waals surface area (Å²) in [6.45, 7) is 3.49. The van der Waals surface area contributed by atoms with Gasteiger partial charge < -0.3 is 5.11 Å². The van der Waals surface area contributed by atoms with E-state index < -0.39 is 28.0 Å². The van der Waals surface area contributed by atoms with Crippen molar-refractivity contribution in [2.24, 2.45) is 17.8 Å². The number of carboxylic acid groups (broad SMARTS) is 1. The van der Waals surface area contributed by atoms with Gasteiger partial charge in [-0.25, -0.2) is 13.1 Å². The first-order valence-electron chi connectivity index (χ1n) is 6.30. The van der Waals surface area contributed by atoms with Crippen LogP contribution >= 0.6 is 0 Å². The Balaban J connectivity index is 2.03. The number of allylic oxidation sites excluding steroid dienone is 1. The zero-order valence-electron chi connectivity index (χ0n) is 10.2. The van der Waals surface area contributed by atoms with E-state index in [0.29, 0.717) is 6.42 Å². The minimum Gasteiger partial charge on any atom is -0.481 e. The predicted molar refractivity (Wildman–Crippen MR) is 67.5 cm³/mol. The van der Waals surface area contributed by atoms with Crippen LogP contribution in [-0.2, 0) is 14.8 Å². The highest BCUT2D eigenvalue weighted by molar-refractivity contribution is 7.89. The molecule has 0 aromatic heterocycles. The van der Waals surface area contributed by atoms with Crippen molar-refractivity contribution in [1.29, 1.82) is 0 Å². The van der Waals surface area contributed by atoms with Gasteiger partial charge in [-0.2, -0.15) is 0 Å². The predicted octanol–water partition coefficient (Wildman–Crippen LogP) is 0.981. The fourth-order valence-electron chi connectivity index (χ4n) is 3.30. The molecule has 0 spiro atoms. The number of carboxylic acids is 1. The topological polar surface area (TPSA) is 83.5 Å². The summed E-state index contributed by atoms with van der Waals surface area (Å²) in [4.78, 5) is 11.2. The molecule has 4 atom stereocenters. The molecule has 102 valence electrons. The van der Waals surface area contributed by atoms with Gasteiger partial charge in [-0.3, -0.25) is 4.79 Å². The number of hydrogen-bond donors (Lipinski definition) is 2. The van der Waals surface area contributed by atoms with Gasteiger partial charge in [-0.15, -0.1) is 6.58 Å². The summed E-state index contributed by atoms with van der Waals surface area (Å²) in [5, 5.41) is 9.17. The molecule has 0 aliphatic heterocycles. The maximum atomic E-state index is 11.8. The first-order chi connectivity index (χ1) is 8.46. The van der Waals surface area contributed by atoms with Gasteiger partial charge >= 0.3 is 5.97 Å². The second kappa shape index (κ2) is 5.01. The first-order valence-corrected chi connectivity index (χ1v) is 7.95. The van der Waals surface area contributed by atoms with Crippen LogP contribution in [0.25, 0.3) is 0 Å². The Labute approximate surface area is 107 Å². The fraction of sp³-hybridized carbons (Fsp3) is 0.750. The van der Waals surface area contributed by atoms with Crippen LogP contribution in [-0.4, -0.2) is 31.3 Å². The number of hydrogen-bond acceptors (Lipinski definition) is 3. The Morgan fingerprint density at radius 2 is 2.06 bits per heavy atom. The smallest absolute Gasteiger partial charge is 0.308 e. The molecule has 2 N–H and O–H groups in total. The minimum absolute atomic E-state index is 0.0171. The van der Waals surface area contributed by atoms with Crippen molar-refractivity contribution in [3.05, 3.63) is 12.7 Å². The average molecular weight is 273 g/mol. The van der Waals surface area contributed by atoms with Crippen molar-refractivity contribution in [3.63, 3.8) is 0 Å². The highest BCUT2D eigenvalue weighted by Gasteiger charge is 2.56. The summed E-state index contributed by atoms with van der Waals surface area (Å²) < 4.78 is 26.2. The van der Waals surface area contributed by atoms with Gasteiger partial charge in [0, 0.05) is 6.04 Å². The van der Waals surface area contributed by atoms with Crippen LogP contribution in [0.2, 0.25) is 0 Å². The number of nitrogens with one attached hydrogen (secondary N) is 1. The highest BCUT2D eigenvalue weighted by Crippen LogP contribution is 2.51. The second-order valence-corrected chi connectivity index (χ2v) is 7.04. The molecule has 5 nitrogen and oxygen atoms in total. The molecule has 0 unspecified atom stereocenters. The van der Waals surface area contributed by atoms with E-state index in [4.69, 9.17) is 0 Å². The normalized spacial score (nSPS) is 34.7. The van der Waals surface area contributed by atoms with Crippen LogP contribution in [0.5, 0.6) is 0 Å². The van der Waals surface area contributed by atoms with Gasteiger partial charge in [0.25, 0.3) is 0 Å². The average Bonchev–Trinajstić information content (AvgIpc) is 2.67. The molecule has 0 saturated heterocycles. The van der Waals surface area contributed by atoms with Crippen LogP contribution in [0.15, 0.2) is 12.7 Å². The van der Waals surface area contributed by atoms with Crippen LogP contribution in [0.1, 0.15) is 25.7 Å². The summed E-state index contributed by atoms with van der Waals surface area (Å²) in [5.41, 5.74) is 0. The summed E-state index contributed by atoms with van der Waals surface area (Å²) >= 11 is 0. The summed E-state index contributed by atoms with van der Waals surface area (Å²) in [5.74, 6) is -1.07. The van der Waals surface area contributed by atoms with Gasteiger partial charge in [-0.1, -0.05) is 12.5 Å². The van der Waals surface area contributed by atoms with E-state index in [1.165, 1.54) is 0 Å². The molecule has 2 fully saturated rings. The lowest BCUT2D eigenvalue weighted by atomic mass is 9.63. The minimum atomic E-state index is -3.39. The van der Waals surface area contributed by atoms with E-state index in [2.05, 4.69) is 11.3 Å². The molecule has 0 bridgehead atoms. The molecule has 2 saturated carbocycles. The van der Waals surface area contributed by atoms with Crippen molar-refractivity contribution in [2.75, 3.05) is 5.75 Å². The van der Waals surface area contributed by atoms with E-state index >= 15 is 0 Å². The van der Waals surface area contributed by atoms with Crippen LogP contribution in [0, 0.1) is 17.8 Å². The maximum absolute atomic E-state index is 11.8. The van der Waals surface area contributed by atoms with Crippen molar-refractivity contribution in [1.82, 2.24) is 4.72 Å². The van der Waals surface area contributed by atoms with Gasteiger partial charge in [0.15, 0.2) is 0 Å². The molecular weight excluding hydrogens is 254 g/mol. The third-order valence-corrected chi connectivity index (χ3v) is 5.53. The van der Waals surface area contributed by atoms with E-state index in [0.717, 1.165) is 19.3 Å². The third kappa shape index (κ3) is 2.44. The monoisotopic (exact) mass is 273 g/mol. The molecule has 0 radical (unpaired) electrons. The zero-order valence-corrected chi connectivity index (χ0v) is 11.0. The van der Waals surface area contributed by atoms with Gasteiger partial charge in [-0.05, 0) is 31.1 Å². The van der Waals surface area contributed by atoms with Gasteiger partial charge in [0.2, 0.25) is 10.0 Å². The largest absolute Gasteiger partial charge is 0.481 e. The van der Waals surface area contributed by atoms with Crippen LogP contribution in [0.4, 0.5) is 0 Å².